The first-order valence-corrected chi connectivity index (χ1v) is 7.62. The van der Waals surface area contributed by atoms with E-state index in [4.69, 9.17) is 4.74 Å². The van der Waals surface area contributed by atoms with Crippen LogP contribution in [0.3, 0.4) is 0 Å². The SMILES string of the molecule is CC(C)(C)CCCC(=O)NCC(O)CN1CCOCC1. The van der Waals surface area contributed by atoms with Gasteiger partial charge in [0.15, 0.2) is 0 Å². The summed E-state index contributed by atoms with van der Waals surface area (Å²) in [7, 11) is 0. The first-order valence-electron chi connectivity index (χ1n) is 7.62. The van der Waals surface area contributed by atoms with E-state index in [1.165, 1.54) is 0 Å². The number of aliphatic hydroxyl groups excluding tert-OH is 1. The zero-order valence-electron chi connectivity index (χ0n) is 13.2. The average Bonchev–Trinajstić information content (AvgIpc) is 2.36. The number of carbonyl (C=O) groups excluding carboxylic acids is 1. The molecule has 1 aliphatic heterocycles. The zero-order valence-corrected chi connectivity index (χ0v) is 13.2. The molecule has 1 amide bonds. The predicted molar refractivity (Wildman–Crippen MR) is 79.6 cm³/mol. The highest BCUT2D eigenvalue weighted by molar-refractivity contribution is 5.75. The van der Waals surface area contributed by atoms with Gasteiger partial charge in [-0.05, 0) is 18.3 Å². The zero-order chi connectivity index (χ0) is 15.0. The number of carbonyl (C=O) groups is 1. The molecule has 1 fully saturated rings. The summed E-state index contributed by atoms with van der Waals surface area (Å²) in [6.45, 7) is 10.6. The van der Waals surface area contributed by atoms with Gasteiger partial charge in [0.2, 0.25) is 5.91 Å². The normalized spacial score (nSPS) is 18.8. The van der Waals surface area contributed by atoms with Crippen LogP contribution in [0.2, 0.25) is 0 Å². The van der Waals surface area contributed by atoms with E-state index >= 15 is 0 Å². The molecule has 1 aliphatic rings. The Balaban J connectivity index is 2.07. The first kappa shape index (κ1) is 17.4. The Bertz CT molecular complexity index is 283. The van der Waals surface area contributed by atoms with Crippen LogP contribution in [-0.2, 0) is 9.53 Å². The number of rotatable bonds is 7. The van der Waals surface area contributed by atoms with E-state index in [1.54, 1.807) is 0 Å². The average molecular weight is 286 g/mol. The van der Waals surface area contributed by atoms with E-state index < -0.39 is 6.10 Å². The van der Waals surface area contributed by atoms with Crippen LogP contribution in [0.15, 0.2) is 0 Å². The fourth-order valence-corrected chi connectivity index (χ4v) is 2.25. The standard InChI is InChI=1S/C15H30N2O3/c1-15(2,3)6-4-5-14(19)16-11-13(18)12-17-7-9-20-10-8-17/h13,18H,4-12H2,1-3H3,(H,16,19). The molecule has 1 unspecified atom stereocenters. The van der Waals surface area contributed by atoms with Crippen LogP contribution >= 0.6 is 0 Å². The third kappa shape index (κ3) is 8.51. The van der Waals surface area contributed by atoms with E-state index in [-0.39, 0.29) is 11.3 Å². The Kier molecular flexibility index (Phi) is 7.48. The molecule has 0 saturated carbocycles. The van der Waals surface area contributed by atoms with E-state index in [2.05, 4.69) is 31.0 Å². The molecule has 1 rings (SSSR count). The van der Waals surface area contributed by atoms with Gasteiger partial charge in [0, 0.05) is 32.6 Å². The van der Waals surface area contributed by atoms with E-state index in [0.717, 1.165) is 39.1 Å². The lowest BCUT2D eigenvalue weighted by molar-refractivity contribution is -0.121. The van der Waals surface area contributed by atoms with Crippen molar-refractivity contribution in [1.29, 1.82) is 0 Å². The van der Waals surface area contributed by atoms with Crippen LogP contribution in [0.5, 0.6) is 0 Å². The van der Waals surface area contributed by atoms with Crippen molar-refractivity contribution in [3.05, 3.63) is 0 Å². The molecule has 1 heterocycles. The molecule has 5 heteroatoms. The van der Waals surface area contributed by atoms with Crippen molar-refractivity contribution >= 4 is 5.91 Å². The fourth-order valence-electron chi connectivity index (χ4n) is 2.25. The Labute approximate surface area is 122 Å². The number of β-amino-alcohol motifs (C(OH)–C–C–N with tert-alkyl or cyclic N) is 1. The molecule has 1 atom stereocenters. The quantitative estimate of drug-likeness (QED) is 0.733. The second kappa shape index (κ2) is 8.60. The maximum absolute atomic E-state index is 11.7. The van der Waals surface area contributed by atoms with Crippen molar-refractivity contribution in [1.82, 2.24) is 10.2 Å². The molecule has 5 nitrogen and oxygen atoms in total. The summed E-state index contributed by atoms with van der Waals surface area (Å²) < 4.78 is 5.26. The van der Waals surface area contributed by atoms with Crippen LogP contribution in [0, 0.1) is 5.41 Å². The molecule has 0 aromatic carbocycles. The highest BCUT2D eigenvalue weighted by Gasteiger charge is 2.16. The first-order chi connectivity index (χ1) is 9.37. The Morgan fingerprint density at radius 2 is 2.00 bits per heavy atom. The summed E-state index contributed by atoms with van der Waals surface area (Å²) in [6.07, 6.45) is 1.98. The highest BCUT2D eigenvalue weighted by Crippen LogP contribution is 2.21. The largest absolute Gasteiger partial charge is 0.390 e. The molecule has 2 N–H and O–H groups in total. The second-order valence-corrected chi connectivity index (χ2v) is 6.79. The number of morpholine rings is 1. The summed E-state index contributed by atoms with van der Waals surface area (Å²) in [4.78, 5) is 13.8. The number of amides is 1. The maximum Gasteiger partial charge on any atom is 0.220 e. The van der Waals surface area contributed by atoms with Gasteiger partial charge in [0.1, 0.15) is 0 Å². The lowest BCUT2D eigenvalue weighted by Gasteiger charge is -2.28. The van der Waals surface area contributed by atoms with Crippen LogP contribution < -0.4 is 5.32 Å². The Hall–Kier alpha value is -0.650. The molecule has 0 aliphatic carbocycles. The molecule has 0 aromatic rings. The van der Waals surface area contributed by atoms with Gasteiger partial charge in [-0.1, -0.05) is 20.8 Å². The third-order valence-electron chi connectivity index (χ3n) is 3.44. The number of nitrogens with zero attached hydrogens (tertiary/aromatic N) is 1. The van der Waals surface area contributed by atoms with Crippen molar-refractivity contribution < 1.29 is 14.6 Å². The minimum Gasteiger partial charge on any atom is -0.390 e. The van der Waals surface area contributed by atoms with E-state index in [0.29, 0.717) is 19.5 Å². The molecule has 118 valence electrons. The summed E-state index contributed by atoms with van der Waals surface area (Å²) >= 11 is 0. The third-order valence-corrected chi connectivity index (χ3v) is 3.44. The van der Waals surface area contributed by atoms with Crippen LogP contribution in [0.1, 0.15) is 40.0 Å². The van der Waals surface area contributed by atoms with Crippen molar-refractivity contribution in [3.8, 4) is 0 Å². The predicted octanol–water partition coefficient (Wildman–Crippen LogP) is 1.01. The van der Waals surface area contributed by atoms with Crippen molar-refractivity contribution in [2.24, 2.45) is 5.41 Å². The molecule has 1 saturated heterocycles. The van der Waals surface area contributed by atoms with Crippen LogP contribution in [-0.4, -0.2) is 61.4 Å². The lowest BCUT2D eigenvalue weighted by Crippen LogP contribution is -2.44. The topological polar surface area (TPSA) is 61.8 Å². The van der Waals surface area contributed by atoms with Gasteiger partial charge in [0.05, 0.1) is 19.3 Å². The van der Waals surface area contributed by atoms with Gasteiger partial charge < -0.3 is 15.2 Å². The fraction of sp³-hybridized carbons (Fsp3) is 0.933. The number of nitrogens with one attached hydrogen (secondary N) is 1. The second-order valence-electron chi connectivity index (χ2n) is 6.79. The molecule has 0 aromatic heterocycles. The van der Waals surface area contributed by atoms with Gasteiger partial charge in [0.25, 0.3) is 0 Å². The maximum atomic E-state index is 11.7. The van der Waals surface area contributed by atoms with Crippen molar-refractivity contribution in [2.75, 3.05) is 39.4 Å². The smallest absolute Gasteiger partial charge is 0.220 e. The van der Waals surface area contributed by atoms with Gasteiger partial charge >= 0.3 is 0 Å². The Morgan fingerprint density at radius 3 is 2.60 bits per heavy atom. The number of hydrogen-bond acceptors (Lipinski definition) is 4. The summed E-state index contributed by atoms with van der Waals surface area (Å²) in [5.74, 6) is 0.0373. The number of ether oxygens (including phenoxy) is 1. The van der Waals surface area contributed by atoms with Gasteiger partial charge in [-0.3, -0.25) is 9.69 Å². The summed E-state index contributed by atoms with van der Waals surface area (Å²) in [6, 6.07) is 0. The number of aliphatic hydroxyl groups is 1. The van der Waals surface area contributed by atoms with Crippen molar-refractivity contribution in [2.45, 2.75) is 46.1 Å². The van der Waals surface area contributed by atoms with E-state index in [9.17, 15) is 9.90 Å². The van der Waals surface area contributed by atoms with Gasteiger partial charge in [-0.25, -0.2) is 0 Å². The molecular formula is C15H30N2O3. The molecule has 0 bridgehead atoms. The molecule has 0 radical (unpaired) electrons. The van der Waals surface area contributed by atoms with Gasteiger partial charge in [-0.15, -0.1) is 0 Å². The van der Waals surface area contributed by atoms with Gasteiger partial charge in [-0.2, -0.15) is 0 Å². The van der Waals surface area contributed by atoms with Crippen LogP contribution in [0.4, 0.5) is 0 Å². The minimum atomic E-state index is -0.500. The van der Waals surface area contributed by atoms with Crippen molar-refractivity contribution in [3.63, 3.8) is 0 Å². The minimum absolute atomic E-state index is 0.0373. The summed E-state index contributed by atoms with van der Waals surface area (Å²) in [5, 5.41) is 12.7. The molecule has 0 spiro atoms. The lowest BCUT2D eigenvalue weighted by atomic mass is 9.90. The highest BCUT2D eigenvalue weighted by atomic mass is 16.5. The van der Waals surface area contributed by atoms with E-state index in [1.807, 2.05) is 0 Å². The monoisotopic (exact) mass is 286 g/mol. The molecular weight excluding hydrogens is 256 g/mol. The summed E-state index contributed by atoms with van der Waals surface area (Å²) in [5.41, 5.74) is 0.274. The van der Waals surface area contributed by atoms with Crippen LogP contribution in [0.25, 0.3) is 0 Å². The molecule has 20 heavy (non-hydrogen) atoms. The number of hydrogen-bond donors (Lipinski definition) is 2. The Morgan fingerprint density at radius 1 is 1.35 bits per heavy atom.